The number of aromatic nitrogens is 4. The number of hydrogen-bond acceptors (Lipinski definition) is 7. The van der Waals surface area contributed by atoms with Crippen molar-refractivity contribution in [1.29, 1.82) is 5.26 Å². The Morgan fingerprint density at radius 3 is 2.58 bits per heavy atom. The lowest BCUT2D eigenvalue weighted by molar-refractivity contribution is -0.117. The van der Waals surface area contributed by atoms with Crippen LogP contribution in [0.2, 0.25) is 0 Å². The molecule has 2 N–H and O–H groups in total. The van der Waals surface area contributed by atoms with E-state index in [1.807, 2.05) is 47.4 Å². The molecule has 186 valence electrons. The summed E-state index contributed by atoms with van der Waals surface area (Å²) in [5.74, 6) is 1.00. The third-order valence-corrected chi connectivity index (χ3v) is 7.13. The average molecular weight is 485 g/mol. The van der Waals surface area contributed by atoms with Gasteiger partial charge in [0.05, 0.1) is 37.0 Å². The summed E-state index contributed by atoms with van der Waals surface area (Å²) in [6.45, 7) is 2.43. The van der Waals surface area contributed by atoms with Gasteiger partial charge in [-0.15, -0.1) is 0 Å². The van der Waals surface area contributed by atoms with Crippen molar-refractivity contribution in [2.45, 2.75) is 51.0 Å². The van der Waals surface area contributed by atoms with E-state index >= 15 is 0 Å². The summed E-state index contributed by atoms with van der Waals surface area (Å²) < 4.78 is 1.94. The summed E-state index contributed by atoms with van der Waals surface area (Å²) >= 11 is 0. The van der Waals surface area contributed by atoms with Crippen LogP contribution in [-0.4, -0.2) is 50.2 Å². The highest BCUT2D eigenvalue weighted by Gasteiger charge is 2.27. The van der Waals surface area contributed by atoms with Crippen molar-refractivity contribution in [3.63, 3.8) is 0 Å². The second-order valence-corrected chi connectivity index (χ2v) is 9.68. The molecule has 9 heteroatoms. The fourth-order valence-corrected chi connectivity index (χ4v) is 5.25. The normalized spacial score (nSPS) is 17.1. The van der Waals surface area contributed by atoms with Crippen molar-refractivity contribution in [3.05, 3.63) is 48.9 Å². The number of rotatable bonds is 9. The molecular formula is C27H32N8O. The van der Waals surface area contributed by atoms with Crippen LogP contribution in [0.25, 0.3) is 11.3 Å². The van der Waals surface area contributed by atoms with E-state index in [4.69, 9.17) is 0 Å². The molecule has 1 atom stereocenters. The molecule has 0 bridgehead atoms. The first-order valence-electron chi connectivity index (χ1n) is 12.8. The van der Waals surface area contributed by atoms with E-state index < -0.39 is 0 Å². The Hall–Kier alpha value is -3.77. The minimum atomic E-state index is 0.0131. The zero-order valence-corrected chi connectivity index (χ0v) is 20.4. The van der Waals surface area contributed by atoms with Gasteiger partial charge in [0.25, 0.3) is 0 Å². The maximum atomic E-state index is 12.3. The number of benzene rings is 1. The largest absolute Gasteiger partial charge is 0.325 e. The molecule has 0 spiro atoms. The lowest BCUT2D eigenvalue weighted by Crippen LogP contribution is -2.30. The molecule has 36 heavy (non-hydrogen) atoms. The van der Waals surface area contributed by atoms with Gasteiger partial charge in [0.15, 0.2) is 0 Å². The Balaban J connectivity index is 1.22. The van der Waals surface area contributed by atoms with Gasteiger partial charge in [0.2, 0.25) is 11.9 Å². The molecule has 1 unspecified atom stereocenters. The molecule has 2 aromatic heterocycles. The Morgan fingerprint density at radius 2 is 1.83 bits per heavy atom. The molecule has 1 saturated carbocycles. The zero-order valence-electron chi connectivity index (χ0n) is 20.4. The number of nitrogens with one attached hydrogen (secondary N) is 2. The quantitative estimate of drug-likeness (QED) is 0.450. The van der Waals surface area contributed by atoms with Gasteiger partial charge in [-0.05, 0) is 75.0 Å². The van der Waals surface area contributed by atoms with E-state index in [0.29, 0.717) is 24.8 Å². The van der Waals surface area contributed by atoms with Gasteiger partial charge in [-0.1, -0.05) is 12.8 Å². The summed E-state index contributed by atoms with van der Waals surface area (Å²) in [5, 5.41) is 20.1. The molecule has 1 amide bonds. The van der Waals surface area contributed by atoms with Crippen molar-refractivity contribution < 1.29 is 4.79 Å². The van der Waals surface area contributed by atoms with Crippen LogP contribution < -0.4 is 10.6 Å². The first kappa shape index (κ1) is 23.9. The van der Waals surface area contributed by atoms with Crippen LogP contribution in [0.5, 0.6) is 0 Å². The fourth-order valence-electron chi connectivity index (χ4n) is 5.25. The Kier molecular flexibility index (Phi) is 7.52. The first-order chi connectivity index (χ1) is 17.7. The molecule has 1 aliphatic carbocycles. The van der Waals surface area contributed by atoms with Crippen LogP contribution in [0.1, 0.15) is 51.0 Å². The Morgan fingerprint density at radius 1 is 1.08 bits per heavy atom. The topological polar surface area (TPSA) is 112 Å². The van der Waals surface area contributed by atoms with Crippen LogP contribution in [0.4, 0.5) is 17.3 Å². The lowest BCUT2D eigenvalue weighted by Gasteiger charge is -2.21. The van der Waals surface area contributed by atoms with E-state index in [-0.39, 0.29) is 11.9 Å². The standard InChI is InChI=1S/C27H32N8O/c28-13-11-25(20-5-1-2-6-20)35-18-21(17-30-35)24-12-14-29-27(33-24)32-23-9-7-22(8-10-23)31-26(36)19-34-15-3-4-16-34/h7-10,12,14,17-18,20,25H,1-6,11,15-16,19H2,(H,31,36)(H,29,32,33). The minimum absolute atomic E-state index is 0.0131. The van der Waals surface area contributed by atoms with E-state index in [1.165, 1.54) is 25.7 Å². The second-order valence-electron chi connectivity index (χ2n) is 9.68. The number of hydrogen-bond donors (Lipinski definition) is 2. The van der Waals surface area contributed by atoms with Gasteiger partial charge < -0.3 is 10.6 Å². The number of likely N-dealkylation sites (tertiary alicyclic amines) is 1. The van der Waals surface area contributed by atoms with E-state index in [2.05, 4.69) is 36.7 Å². The molecule has 2 fully saturated rings. The minimum Gasteiger partial charge on any atom is -0.325 e. The first-order valence-corrected chi connectivity index (χ1v) is 12.8. The molecule has 1 aromatic carbocycles. The smallest absolute Gasteiger partial charge is 0.238 e. The second kappa shape index (κ2) is 11.3. The van der Waals surface area contributed by atoms with E-state index in [9.17, 15) is 10.1 Å². The summed E-state index contributed by atoms with van der Waals surface area (Å²) in [6.07, 6.45) is 13.1. The van der Waals surface area contributed by atoms with Crippen molar-refractivity contribution in [2.75, 3.05) is 30.3 Å². The summed E-state index contributed by atoms with van der Waals surface area (Å²) in [7, 11) is 0. The van der Waals surface area contributed by atoms with Gasteiger partial charge in [-0.3, -0.25) is 14.4 Å². The molecule has 3 heterocycles. The van der Waals surface area contributed by atoms with Crippen LogP contribution in [-0.2, 0) is 4.79 Å². The van der Waals surface area contributed by atoms with Crippen molar-refractivity contribution in [3.8, 4) is 17.3 Å². The van der Waals surface area contributed by atoms with E-state index in [1.54, 1.807) is 6.20 Å². The zero-order chi connectivity index (χ0) is 24.7. The molecule has 5 rings (SSSR count). The highest BCUT2D eigenvalue weighted by molar-refractivity contribution is 5.92. The van der Waals surface area contributed by atoms with Gasteiger partial charge >= 0.3 is 0 Å². The number of anilines is 3. The van der Waals surface area contributed by atoms with Gasteiger partial charge in [-0.2, -0.15) is 10.4 Å². The van der Waals surface area contributed by atoms with Gasteiger partial charge in [0, 0.05) is 29.3 Å². The highest BCUT2D eigenvalue weighted by Crippen LogP contribution is 2.36. The van der Waals surface area contributed by atoms with Gasteiger partial charge in [0.1, 0.15) is 0 Å². The Bertz CT molecular complexity index is 1200. The SMILES string of the molecule is N#CCC(C1CCCC1)n1cc(-c2ccnc(Nc3ccc(NC(=O)CN4CCCC4)cc3)n2)cn1. The molecular weight excluding hydrogens is 452 g/mol. The fraction of sp³-hybridized carbons (Fsp3) is 0.444. The molecule has 3 aromatic rings. The van der Waals surface area contributed by atoms with Crippen molar-refractivity contribution in [1.82, 2.24) is 24.6 Å². The van der Waals surface area contributed by atoms with Crippen LogP contribution >= 0.6 is 0 Å². The van der Waals surface area contributed by atoms with Crippen LogP contribution in [0, 0.1) is 17.2 Å². The third kappa shape index (κ3) is 5.89. The third-order valence-electron chi connectivity index (χ3n) is 7.13. The molecule has 1 aliphatic heterocycles. The molecule has 1 saturated heterocycles. The molecule has 9 nitrogen and oxygen atoms in total. The predicted octanol–water partition coefficient (Wildman–Crippen LogP) is 4.76. The number of nitriles is 1. The van der Waals surface area contributed by atoms with Gasteiger partial charge in [-0.25, -0.2) is 9.97 Å². The van der Waals surface area contributed by atoms with Crippen molar-refractivity contribution >= 4 is 23.2 Å². The average Bonchev–Trinajstić information content (AvgIpc) is 3.67. The van der Waals surface area contributed by atoms with Crippen LogP contribution in [0.15, 0.2) is 48.9 Å². The molecule has 0 radical (unpaired) electrons. The predicted molar refractivity (Wildman–Crippen MR) is 139 cm³/mol. The summed E-state index contributed by atoms with van der Waals surface area (Å²) in [6, 6.07) is 11.8. The Labute approximate surface area is 211 Å². The monoisotopic (exact) mass is 484 g/mol. The number of carbonyl (C=O) groups is 1. The number of amides is 1. The van der Waals surface area contributed by atoms with Crippen molar-refractivity contribution in [2.24, 2.45) is 5.92 Å². The lowest BCUT2D eigenvalue weighted by atomic mass is 9.96. The maximum absolute atomic E-state index is 12.3. The summed E-state index contributed by atoms with van der Waals surface area (Å²) in [4.78, 5) is 23.5. The summed E-state index contributed by atoms with van der Waals surface area (Å²) in [5.41, 5.74) is 3.26. The van der Waals surface area contributed by atoms with E-state index in [0.717, 1.165) is 48.6 Å². The van der Waals surface area contributed by atoms with Crippen LogP contribution in [0.3, 0.4) is 0 Å². The molecule has 2 aliphatic rings. The highest BCUT2D eigenvalue weighted by atomic mass is 16.2. The number of nitrogens with zero attached hydrogens (tertiary/aromatic N) is 6. The maximum Gasteiger partial charge on any atom is 0.238 e. The number of carbonyl (C=O) groups excluding carboxylic acids is 1.